The zero-order valence-corrected chi connectivity index (χ0v) is 9.39. The monoisotopic (exact) mass is 232 g/mol. The van der Waals surface area contributed by atoms with Gasteiger partial charge in [0.15, 0.2) is 11.9 Å². The highest BCUT2D eigenvalue weighted by molar-refractivity contribution is 5.79. The Balaban J connectivity index is 2.19. The lowest BCUT2D eigenvalue weighted by Crippen LogP contribution is -2.26. The Labute approximate surface area is 93.5 Å². The maximum Gasteiger partial charge on any atom is 0.347 e. The Morgan fingerprint density at radius 2 is 2.19 bits per heavy atom. The molecule has 1 rings (SSSR count). The van der Waals surface area contributed by atoms with Gasteiger partial charge in [-0.05, 0) is 13.8 Å². The van der Waals surface area contributed by atoms with Crippen LogP contribution < -0.4 is 0 Å². The highest BCUT2D eigenvalue weighted by atomic mass is 16.7. The van der Waals surface area contributed by atoms with Crippen molar-refractivity contribution in [3.63, 3.8) is 0 Å². The van der Waals surface area contributed by atoms with Crippen LogP contribution in [-0.4, -0.2) is 42.1 Å². The van der Waals surface area contributed by atoms with Crippen LogP contribution in [0.25, 0.3) is 0 Å². The third-order valence-corrected chi connectivity index (χ3v) is 2.12. The van der Waals surface area contributed by atoms with Crippen LogP contribution in [0.2, 0.25) is 0 Å². The molecule has 2 unspecified atom stereocenters. The number of aliphatic hydroxyl groups is 1. The van der Waals surface area contributed by atoms with Crippen LogP contribution in [0.4, 0.5) is 0 Å². The van der Waals surface area contributed by atoms with Crippen LogP contribution in [0.3, 0.4) is 0 Å². The number of epoxide rings is 1. The van der Waals surface area contributed by atoms with E-state index >= 15 is 0 Å². The van der Waals surface area contributed by atoms with E-state index in [0.717, 1.165) is 0 Å². The summed E-state index contributed by atoms with van der Waals surface area (Å²) in [5.41, 5.74) is 0. The first kappa shape index (κ1) is 12.9. The molecular formula is C10H16O6. The lowest BCUT2D eigenvalue weighted by Gasteiger charge is -2.12. The van der Waals surface area contributed by atoms with Crippen molar-refractivity contribution >= 4 is 11.9 Å². The molecule has 92 valence electrons. The summed E-state index contributed by atoms with van der Waals surface area (Å²) in [6.45, 7) is 3.60. The fourth-order valence-corrected chi connectivity index (χ4v) is 1.09. The largest absolute Gasteiger partial charge is 0.463 e. The second-order valence-electron chi connectivity index (χ2n) is 3.62. The van der Waals surface area contributed by atoms with Crippen molar-refractivity contribution in [3.05, 3.63) is 0 Å². The Morgan fingerprint density at radius 3 is 2.69 bits per heavy atom. The first-order valence-electron chi connectivity index (χ1n) is 5.19. The van der Waals surface area contributed by atoms with Gasteiger partial charge in [0, 0.05) is 6.42 Å². The SMILES string of the molecule is CCOC(=O)C(C)OC(=O)CCC1(O)CO1. The molecule has 6 nitrogen and oxygen atoms in total. The minimum atomic E-state index is -1.16. The Hall–Kier alpha value is -1.14. The lowest BCUT2D eigenvalue weighted by molar-refractivity contribution is -0.166. The van der Waals surface area contributed by atoms with Crippen molar-refractivity contribution in [3.8, 4) is 0 Å². The molecule has 0 aliphatic carbocycles. The van der Waals surface area contributed by atoms with Gasteiger partial charge in [0.05, 0.1) is 13.0 Å². The Morgan fingerprint density at radius 1 is 1.56 bits per heavy atom. The molecule has 16 heavy (non-hydrogen) atoms. The highest BCUT2D eigenvalue weighted by Gasteiger charge is 2.42. The minimum Gasteiger partial charge on any atom is -0.463 e. The number of carbonyl (C=O) groups is 2. The van der Waals surface area contributed by atoms with Gasteiger partial charge in [-0.1, -0.05) is 0 Å². The summed E-state index contributed by atoms with van der Waals surface area (Å²) in [4.78, 5) is 22.4. The molecule has 2 atom stereocenters. The molecule has 1 N–H and O–H groups in total. The molecule has 0 bridgehead atoms. The Kier molecular flexibility index (Phi) is 4.26. The van der Waals surface area contributed by atoms with Gasteiger partial charge >= 0.3 is 11.9 Å². The molecule has 0 saturated carbocycles. The fourth-order valence-electron chi connectivity index (χ4n) is 1.09. The van der Waals surface area contributed by atoms with Crippen molar-refractivity contribution < 1.29 is 28.9 Å². The quantitative estimate of drug-likeness (QED) is 0.511. The van der Waals surface area contributed by atoms with Gasteiger partial charge in [-0.15, -0.1) is 0 Å². The van der Waals surface area contributed by atoms with E-state index in [1.165, 1.54) is 6.92 Å². The van der Waals surface area contributed by atoms with Crippen molar-refractivity contribution in [2.75, 3.05) is 13.2 Å². The molecule has 0 amide bonds. The summed E-state index contributed by atoms with van der Waals surface area (Å²) in [6.07, 6.45) is -0.719. The zero-order chi connectivity index (χ0) is 12.2. The summed E-state index contributed by atoms with van der Waals surface area (Å²) in [5, 5.41) is 9.28. The molecule has 0 spiro atoms. The molecule has 1 saturated heterocycles. The van der Waals surface area contributed by atoms with Crippen LogP contribution in [-0.2, 0) is 23.8 Å². The average Bonchev–Trinajstić information content (AvgIpc) is 2.95. The molecule has 1 heterocycles. The molecule has 1 aliphatic rings. The summed E-state index contributed by atoms with van der Waals surface area (Å²) >= 11 is 0. The first-order chi connectivity index (χ1) is 7.47. The number of carbonyl (C=O) groups excluding carboxylic acids is 2. The molecule has 0 radical (unpaired) electrons. The summed E-state index contributed by atoms with van der Waals surface area (Å²) in [5.74, 6) is -2.28. The van der Waals surface area contributed by atoms with E-state index in [-0.39, 0.29) is 26.1 Å². The van der Waals surface area contributed by atoms with E-state index in [0.29, 0.717) is 0 Å². The van der Waals surface area contributed by atoms with Gasteiger partial charge in [-0.3, -0.25) is 4.79 Å². The first-order valence-corrected chi connectivity index (χ1v) is 5.19. The number of hydrogen-bond donors (Lipinski definition) is 1. The van der Waals surface area contributed by atoms with E-state index in [9.17, 15) is 14.7 Å². The number of esters is 2. The molecule has 6 heteroatoms. The lowest BCUT2D eigenvalue weighted by atomic mass is 10.2. The molecular weight excluding hydrogens is 216 g/mol. The predicted octanol–water partition coefficient (Wildman–Crippen LogP) is -0.0198. The van der Waals surface area contributed by atoms with Crippen LogP contribution in [0.5, 0.6) is 0 Å². The minimum absolute atomic E-state index is 0.0141. The maximum absolute atomic E-state index is 11.2. The van der Waals surface area contributed by atoms with Crippen molar-refractivity contribution in [2.45, 2.75) is 38.6 Å². The second-order valence-corrected chi connectivity index (χ2v) is 3.62. The van der Waals surface area contributed by atoms with Crippen LogP contribution in [0.1, 0.15) is 26.7 Å². The van der Waals surface area contributed by atoms with Crippen molar-refractivity contribution in [1.29, 1.82) is 0 Å². The fraction of sp³-hybridized carbons (Fsp3) is 0.800. The third kappa shape index (κ3) is 4.16. The predicted molar refractivity (Wildman–Crippen MR) is 52.3 cm³/mol. The number of hydrogen-bond acceptors (Lipinski definition) is 6. The number of ether oxygens (including phenoxy) is 3. The van der Waals surface area contributed by atoms with Gasteiger partial charge in [0.25, 0.3) is 0 Å². The molecule has 1 aliphatic heterocycles. The van der Waals surface area contributed by atoms with Gasteiger partial charge in [0.1, 0.15) is 6.61 Å². The van der Waals surface area contributed by atoms with Crippen molar-refractivity contribution in [1.82, 2.24) is 0 Å². The van der Waals surface area contributed by atoms with E-state index in [4.69, 9.17) is 9.47 Å². The molecule has 0 aromatic carbocycles. The molecule has 1 fully saturated rings. The van der Waals surface area contributed by atoms with Crippen LogP contribution >= 0.6 is 0 Å². The zero-order valence-electron chi connectivity index (χ0n) is 9.39. The van der Waals surface area contributed by atoms with Gasteiger partial charge in [-0.25, -0.2) is 4.79 Å². The summed E-state index contributed by atoms with van der Waals surface area (Å²) in [7, 11) is 0. The van der Waals surface area contributed by atoms with E-state index in [2.05, 4.69) is 4.74 Å². The molecule has 0 aromatic rings. The van der Waals surface area contributed by atoms with Gasteiger partial charge in [-0.2, -0.15) is 0 Å². The molecule has 0 aromatic heterocycles. The summed E-state index contributed by atoms with van der Waals surface area (Å²) < 4.78 is 14.2. The second kappa shape index (κ2) is 5.27. The van der Waals surface area contributed by atoms with Crippen LogP contribution in [0.15, 0.2) is 0 Å². The highest BCUT2D eigenvalue weighted by Crippen LogP contribution is 2.28. The third-order valence-electron chi connectivity index (χ3n) is 2.12. The normalized spacial score (nSPS) is 24.7. The Bertz CT molecular complexity index is 270. The van der Waals surface area contributed by atoms with Gasteiger partial charge < -0.3 is 19.3 Å². The van der Waals surface area contributed by atoms with Gasteiger partial charge in [0.2, 0.25) is 0 Å². The smallest absolute Gasteiger partial charge is 0.347 e. The van der Waals surface area contributed by atoms with Crippen molar-refractivity contribution in [2.24, 2.45) is 0 Å². The maximum atomic E-state index is 11.2. The van der Waals surface area contributed by atoms with E-state index in [1.54, 1.807) is 6.92 Å². The van der Waals surface area contributed by atoms with Crippen LogP contribution in [0, 0.1) is 0 Å². The topological polar surface area (TPSA) is 85.4 Å². The number of rotatable bonds is 6. The van der Waals surface area contributed by atoms with E-state index in [1.807, 2.05) is 0 Å². The average molecular weight is 232 g/mol. The van der Waals surface area contributed by atoms with E-state index < -0.39 is 23.8 Å². The summed E-state index contributed by atoms with van der Waals surface area (Å²) in [6, 6.07) is 0. The standard InChI is InChI=1S/C10H16O6/c1-3-14-9(12)7(2)16-8(11)4-5-10(13)6-15-10/h7,13H,3-6H2,1-2H3.